The van der Waals surface area contributed by atoms with Gasteiger partial charge in [-0.15, -0.1) is 0 Å². The zero-order chi connectivity index (χ0) is 19.6. The second-order valence-electron chi connectivity index (χ2n) is 7.60. The minimum atomic E-state index is -1.22. The maximum absolute atomic E-state index is 13.4. The lowest BCUT2D eigenvalue weighted by Gasteiger charge is -2.29. The Labute approximate surface area is 166 Å². The number of hydrogen-bond donors (Lipinski definition) is 2. The predicted molar refractivity (Wildman–Crippen MR) is 103 cm³/mol. The van der Waals surface area contributed by atoms with Gasteiger partial charge in [-0.2, -0.15) is 0 Å². The second kappa shape index (κ2) is 5.90. The minimum Gasteiger partial charge on any atom is -0.324 e. The number of carbonyl (C=O) groups is 3. The molecule has 28 heavy (non-hydrogen) atoms. The van der Waals surface area contributed by atoms with E-state index >= 15 is 0 Å². The van der Waals surface area contributed by atoms with Crippen LogP contribution in [0, 0.1) is 11.8 Å². The normalized spacial score (nSPS) is 30.7. The Morgan fingerprint density at radius 3 is 2.54 bits per heavy atom. The number of imide groups is 1. The van der Waals surface area contributed by atoms with Crippen LogP contribution in [0.25, 0.3) is 0 Å². The third-order valence-electron chi connectivity index (χ3n) is 6.15. The van der Waals surface area contributed by atoms with E-state index in [1.54, 1.807) is 18.2 Å². The fraction of sp³-hybridized carbons (Fsp3) is 0.286. The molecule has 0 aromatic heterocycles. The number of fused-ring (bicyclic) bond motifs is 4. The molecule has 142 valence electrons. The van der Waals surface area contributed by atoms with Crippen molar-refractivity contribution in [3.8, 4) is 0 Å². The summed E-state index contributed by atoms with van der Waals surface area (Å²) in [5.74, 6) is -2.25. The van der Waals surface area contributed by atoms with Crippen LogP contribution in [0.15, 0.2) is 48.5 Å². The Morgan fingerprint density at radius 2 is 1.75 bits per heavy atom. The Balaban J connectivity index is 1.58. The number of carbonyl (C=O) groups excluding carboxylic acids is 3. The van der Waals surface area contributed by atoms with E-state index in [-0.39, 0.29) is 30.3 Å². The van der Waals surface area contributed by atoms with Gasteiger partial charge < -0.3 is 5.32 Å². The molecule has 6 nitrogen and oxygen atoms in total. The number of hydrogen-bond acceptors (Lipinski definition) is 4. The summed E-state index contributed by atoms with van der Waals surface area (Å²) in [5.41, 5.74) is 0.886. The molecule has 3 aliphatic heterocycles. The number of benzene rings is 2. The van der Waals surface area contributed by atoms with Crippen molar-refractivity contribution < 1.29 is 14.4 Å². The van der Waals surface area contributed by atoms with Crippen LogP contribution in [0.2, 0.25) is 5.02 Å². The fourth-order valence-corrected chi connectivity index (χ4v) is 5.13. The number of amides is 3. The molecule has 2 aromatic rings. The Hall–Kier alpha value is -2.70. The van der Waals surface area contributed by atoms with E-state index in [0.29, 0.717) is 16.3 Å². The lowest BCUT2D eigenvalue weighted by Crippen LogP contribution is -2.52. The van der Waals surface area contributed by atoms with Crippen molar-refractivity contribution in [2.45, 2.75) is 25.0 Å². The standard InChI is InChI=1S/C21H18ClN3O3/c1-11-16-17(21(24-11)13-7-3-5-9-15(13)23-20(21)28)19(27)25(18(16)26)10-12-6-2-4-8-14(12)22/h2-9,11,16-17,24H,10H2,1H3,(H,23,28)/t11-,16-,17+,21-/m1/s1. The van der Waals surface area contributed by atoms with Crippen molar-refractivity contribution in [2.75, 3.05) is 5.32 Å². The van der Waals surface area contributed by atoms with Crippen molar-refractivity contribution in [2.24, 2.45) is 11.8 Å². The van der Waals surface area contributed by atoms with Gasteiger partial charge in [0.15, 0.2) is 0 Å². The topological polar surface area (TPSA) is 78.5 Å². The highest BCUT2D eigenvalue weighted by Gasteiger charge is 2.69. The van der Waals surface area contributed by atoms with Crippen molar-refractivity contribution in [1.29, 1.82) is 0 Å². The first kappa shape index (κ1) is 17.4. The summed E-state index contributed by atoms with van der Waals surface area (Å²) >= 11 is 6.23. The number of halogens is 1. The van der Waals surface area contributed by atoms with E-state index < -0.39 is 17.4 Å². The fourth-order valence-electron chi connectivity index (χ4n) is 4.93. The molecular weight excluding hydrogens is 378 g/mol. The quantitative estimate of drug-likeness (QED) is 0.765. The molecule has 2 saturated heterocycles. The Bertz CT molecular complexity index is 1040. The number of nitrogens with one attached hydrogen (secondary N) is 2. The van der Waals surface area contributed by atoms with Gasteiger partial charge in [-0.1, -0.05) is 48.0 Å². The largest absolute Gasteiger partial charge is 0.324 e. The molecule has 0 radical (unpaired) electrons. The van der Waals surface area contributed by atoms with Gasteiger partial charge in [0.1, 0.15) is 5.54 Å². The van der Waals surface area contributed by atoms with Crippen LogP contribution in [-0.2, 0) is 26.5 Å². The van der Waals surface area contributed by atoms with E-state index in [1.807, 2.05) is 37.3 Å². The number of likely N-dealkylation sites (tertiary alicyclic amines) is 1. The molecular formula is C21H18ClN3O3. The van der Waals surface area contributed by atoms with Gasteiger partial charge in [0, 0.05) is 22.3 Å². The molecule has 3 heterocycles. The van der Waals surface area contributed by atoms with E-state index in [4.69, 9.17) is 11.6 Å². The molecule has 0 aliphatic carbocycles. The summed E-state index contributed by atoms with van der Waals surface area (Å²) in [5, 5.41) is 6.66. The number of para-hydroxylation sites is 1. The molecule has 2 aromatic carbocycles. The summed E-state index contributed by atoms with van der Waals surface area (Å²) in [6.07, 6.45) is 0. The van der Waals surface area contributed by atoms with Crippen LogP contribution in [0.4, 0.5) is 5.69 Å². The minimum absolute atomic E-state index is 0.108. The Morgan fingerprint density at radius 1 is 1.04 bits per heavy atom. The highest BCUT2D eigenvalue weighted by Crippen LogP contribution is 2.52. The first-order chi connectivity index (χ1) is 13.4. The molecule has 2 fully saturated rings. The molecule has 5 rings (SSSR count). The van der Waals surface area contributed by atoms with Gasteiger partial charge in [-0.3, -0.25) is 24.6 Å². The maximum Gasteiger partial charge on any atom is 0.250 e. The SMILES string of the molecule is C[C@H]1N[C@@]2(C(=O)Nc3ccccc32)[C@@H]2C(=O)N(Cc3ccccc3Cl)C(=O)[C@@H]21. The van der Waals surface area contributed by atoms with Gasteiger partial charge >= 0.3 is 0 Å². The van der Waals surface area contributed by atoms with Crippen molar-refractivity contribution in [3.05, 3.63) is 64.7 Å². The van der Waals surface area contributed by atoms with Crippen LogP contribution in [0.5, 0.6) is 0 Å². The molecule has 7 heteroatoms. The first-order valence-corrected chi connectivity index (χ1v) is 9.60. The monoisotopic (exact) mass is 395 g/mol. The van der Waals surface area contributed by atoms with Crippen molar-refractivity contribution in [1.82, 2.24) is 10.2 Å². The zero-order valence-electron chi connectivity index (χ0n) is 15.1. The third-order valence-corrected chi connectivity index (χ3v) is 6.52. The zero-order valence-corrected chi connectivity index (χ0v) is 15.9. The van der Waals surface area contributed by atoms with E-state index in [9.17, 15) is 14.4 Å². The summed E-state index contributed by atoms with van der Waals surface area (Å²) < 4.78 is 0. The molecule has 0 bridgehead atoms. The number of anilines is 1. The molecule has 3 amide bonds. The average molecular weight is 396 g/mol. The van der Waals surface area contributed by atoms with E-state index in [0.717, 1.165) is 5.56 Å². The first-order valence-electron chi connectivity index (χ1n) is 9.22. The maximum atomic E-state index is 13.4. The lowest BCUT2D eigenvalue weighted by atomic mass is 9.76. The summed E-state index contributed by atoms with van der Waals surface area (Å²) in [6.45, 7) is 1.96. The summed E-state index contributed by atoms with van der Waals surface area (Å²) in [7, 11) is 0. The van der Waals surface area contributed by atoms with Crippen molar-refractivity contribution >= 4 is 35.0 Å². The molecule has 1 spiro atoms. The molecule has 0 unspecified atom stereocenters. The second-order valence-corrected chi connectivity index (χ2v) is 8.01. The predicted octanol–water partition coefficient (Wildman–Crippen LogP) is 2.28. The highest BCUT2D eigenvalue weighted by atomic mass is 35.5. The van der Waals surface area contributed by atoms with Gasteiger partial charge in [-0.05, 0) is 24.6 Å². The smallest absolute Gasteiger partial charge is 0.250 e. The third kappa shape index (κ3) is 2.10. The average Bonchev–Trinajstić information content (AvgIpc) is 3.23. The molecule has 3 aliphatic rings. The Kier molecular flexibility index (Phi) is 3.66. The van der Waals surface area contributed by atoms with Crippen LogP contribution < -0.4 is 10.6 Å². The van der Waals surface area contributed by atoms with E-state index in [2.05, 4.69) is 10.6 Å². The van der Waals surface area contributed by atoms with Gasteiger partial charge in [-0.25, -0.2) is 0 Å². The molecule has 0 saturated carbocycles. The number of nitrogens with zero attached hydrogens (tertiary/aromatic N) is 1. The molecule has 2 N–H and O–H groups in total. The van der Waals surface area contributed by atoms with Crippen LogP contribution >= 0.6 is 11.6 Å². The van der Waals surface area contributed by atoms with Gasteiger partial charge in [0.25, 0.3) is 0 Å². The van der Waals surface area contributed by atoms with E-state index in [1.165, 1.54) is 4.90 Å². The van der Waals surface area contributed by atoms with Gasteiger partial charge in [0.2, 0.25) is 17.7 Å². The van der Waals surface area contributed by atoms with Gasteiger partial charge in [0.05, 0.1) is 18.4 Å². The van der Waals surface area contributed by atoms with Crippen molar-refractivity contribution in [3.63, 3.8) is 0 Å². The highest BCUT2D eigenvalue weighted by molar-refractivity contribution is 6.31. The molecule has 4 atom stereocenters. The van der Waals surface area contributed by atoms with Crippen LogP contribution in [0.3, 0.4) is 0 Å². The lowest BCUT2D eigenvalue weighted by molar-refractivity contribution is -0.143. The summed E-state index contributed by atoms with van der Waals surface area (Å²) in [6, 6.07) is 14.2. The number of rotatable bonds is 2. The summed E-state index contributed by atoms with van der Waals surface area (Å²) in [4.78, 5) is 40.9. The van der Waals surface area contributed by atoms with Crippen LogP contribution in [-0.4, -0.2) is 28.7 Å². The van der Waals surface area contributed by atoms with Crippen LogP contribution in [0.1, 0.15) is 18.1 Å².